The number of aliphatic imine (C=N–C) groups is 2. The highest BCUT2D eigenvalue weighted by Crippen LogP contribution is 1.99. The molecule has 19 heavy (non-hydrogen) atoms. The molecule has 0 bridgehead atoms. The average Bonchev–Trinajstić information content (AvgIpc) is 2.18. The predicted octanol–water partition coefficient (Wildman–Crippen LogP) is -1.56. The van der Waals surface area contributed by atoms with E-state index < -0.39 is 10.4 Å². The van der Waals surface area contributed by atoms with Crippen LogP contribution in [-0.4, -0.2) is 42.5 Å². The van der Waals surface area contributed by atoms with Gasteiger partial charge in [0.25, 0.3) is 0 Å². The summed E-state index contributed by atoms with van der Waals surface area (Å²) in [6, 6.07) is 0. The molecule has 0 aliphatic heterocycles. The third kappa shape index (κ3) is 38.5. The van der Waals surface area contributed by atoms with E-state index in [0.29, 0.717) is 13.1 Å². The number of rotatable bonds is 7. The van der Waals surface area contributed by atoms with Crippen LogP contribution in [0.1, 0.15) is 25.7 Å². The number of hydrogen-bond acceptors (Lipinski definition) is 4. The molecule has 0 rings (SSSR count). The number of hydrogen-bond donors (Lipinski definition) is 6. The molecule has 0 aliphatic carbocycles. The standard InChI is InChI=1S/C8H20N6.H2O4S/c9-7(10)13-5-3-1-2-4-6-14-8(11)12;1-5(2,3)4/h1-6H2,(H4,9,10,13)(H4,11,12,14);(H2,1,2,3,4). The Morgan fingerprint density at radius 1 is 0.789 bits per heavy atom. The molecule has 0 saturated heterocycles. The second kappa shape index (κ2) is 11.5. The highest BCUT2D eigenvalue weighted by molar-refractivity contribution is 7.79. The summed E-state index contributed by atoms with van der Waals surface area (Å²) in [7, 11) is -4.67. The van der Waals surface area contributed by atoms with Crippen molar-refractivity contribution in [3.63, 3.8) is 0 Å². The smallest absolute Gasteiger partial charge is 0.370 e. The number of guanidine groups is 2. The zero-order valence-electron chi connectivity index (χ0n) is 10.6. The lowest BCUT2D eigenvalue weighted by Crippen LogP contribution is -2.23. The van der Waals surface area contributed by atoms with E-state index in [1.54, 1.807) is 0 Å². The van der Waals surface area contributed by atoms with Crippen LogP contribution in [0.5, 0.6) is 0 Å². The van der Waals surface area contributed by atoms with Gasteiger partial charge in [-0.1, -0.05) is 12.8 Å². The number of nitrogens with zero attached hydrogens (tertiary/aromatic N) is 2. The van der Waals surface area contributed by atoms with Crippen LogP contribution in [-0.2, 0) is 10.4 Å². The maximum atomic E-state index is 8.74. The van der Waals surface area contributed by atoms with E-state index in [2.05, 4.69) is 9.98 Å². The van der Waals surface area contributed by atoms with Gasteiger partial charge in [0, 0.05) is 13.1 Å². The van der Waals surface area contributed by atoms with Crippen LogP contribution in [0.2, 0.25) is 0 Å². The Balaban J connectivity index is 0. The third-order valence-corrected chi connectivity index (χ3v) is 1.65. The zero-order valence-corrected chi connectivity index (χ0v) is 11.4. The van der Waals surface area contributed by atoms with Gasteiger partial charge in [-0.15, -0.1) is 0 Å². The first kappa shape index (κ1) is 19.7. The summed E-state index contributed by atoms with van der Waals surface area (Å²) in [5.41, 5.74) is 20.7. The summed E-state index contributed by atoms with van der Waals surface area (Å²) in [5.74, 6) is 0.316. The topological polar surface area (TPSA) is 203 Å². The average molecular weight is 298 g/mol. The maximum absolute atomic E-state index is 8.74. The number of unbranched alkanes of at least 4 members (excludes halogenated alkanes) is 3. The molecule has 114 valence electrons. The quantitative estimate of drug-likeness (QED) is 0.140. The monoisotopic (exact) mass is 298 g/mol. The summed E-state index contributed by atoms with van der Waals surface area (Å²) >= 11 is 0. The molecule has 0 aliphatic rings. The molecule has 0 radical (unpaired) electrons. The van der Waals surface area contributed by atoms with E-state index in [-0.39, 0.29) is 11.9 Å². The Bertz CT molecular complexity index is 343. The zero-order chi connectivity index (χ0) is 15.3. The Kier molecular flexibility index (Phi) is 11.9. The molecule has 0 heterocycles. The third-order valence-electron chi connectivity index (χ3n) is 1.65. The lowest BCUT2D eigenvalue weighted by Gasteiger charge is -1.97. The molecule has 0 atom stereocenters. The Morgan fingerprint density at radius 2 is 1.05 bits per heavy atom. The molecule has 0 amide bonds. The minimum Gasteiger partial charge on any atom is -0.370 e. The maximum Gasteiger partial charge on any atom is 0.394 e. The van der Waals surface area contributed by atoms with Gasteiger partial charge in [0.1, 0.15) is 0 Å². The van der Waals surface area contributed by atoms with Gasteiger partial charge in [0.15, 0.2) is 11.9 Å². The van der Waals surface area contributed by atoms with Crippen LogP contribution in [0.15, 0.2) is 9.98 Å². The molecule has 0 spiro atoms. The van der Waals surface area contributed by atoms with E-state index in [0.717, 1.165) is 25.7 Å². The van der Waals surface area contributed by atoms with Gasteiger partial charge in [-0.2, -0.15) is 8.42 Å². The molecule has 0 unspecified atom stereocenters. The molecule has 10 nitrogen and oxygen atoms in total. The summed E-state index contributed by atoms with van der Waals surface area (Å²) in [6.07, 6.45) is 4.19. The molecule has 0 aromatic carbocycles. The Hall–Kier alpha value is -1.59. The first-order valence-corrected chi connectivity index (χ1v) is 6.83. The fourth-order valence-electron chi connectivity index (χ4n) is 0.993. The van der Waals surface area contributed by atoms with E-state index in [1.807, 2.05) is 0 Å². The van der Waals surface area contributed by atoms with Crippen molar-refractivity contribution < 1.29 is 17.5 Å². The molecule has 0 aromatic rings. The van der Waals surface area contributed by atoms with Crippen molar-refractivity contribution in [2.75, 3.05) is 13.1 Å². The van der Waals surface area contributed by atoms with Crippen molar-refractivity contribution in [1.82, 2.24) is 0 Å². The summed E-state index contributed by atoms with van der Waals surface area (Å²) in [4.78, 5) is 7.75. The Labute approximate surface area is 112 Å². The second-order valence-electron chi connectivity index (χ2n) is 3.48. The normalized spacial score (nSPS) is 10.0. The van der Waals surface area contributed by atoms with Gasteiger partial charge in [0.2, 0.25) is 0 Å². The molecule has 0 aromatic heterocycles. The largest absolute Gasteiger partial charge is 0.394 e. The van der Waals surface area contributed by atoms with Crippen molar-refractivity contribution in [2.45, 2.75) is 25.7 Å². The van der Waals surface area contributed by atoms with Crippen molar-refractivity contribution in [2.24, 2.45) is 32.9 Å². The van der Waals surface area contributed by atoms with Gasteiger partial charge in [-0.25, -0.2) is 0 Å². The van der Waals surface area contributed by atoms with E-state index in [1.165, 1.54) is 0 Å². The second-order valence-corrected chi connectivity index (χ2v) is 4.37. The van der Waals surface area contributed by atoms with Crippen molar-refractivity contribution in [1.29, 1.82) is 0 Å². The minimum atomic E-state index is -4.67. The molecule has 0 fully saturated rings. The summed E-state index contributed by atoms with van der Waals surface area (Å²) in [5, 5.41) is 0. The Morgan fingerprint density at radius 3 is 1.26 bits per heavy atom. The van der Waals surface area contributed by atoms with Crippen molar-refractivity contribution in [3.8, 4) is 0 Å². The van der Waals surface area contributed by atoms with Gasteiger partial charge < -0.3 is 22.9 Å². The van der Waals surface area contributed by atoms with Crippen LogP contribution in [0.3, 0.4) is 0 Å². The van der Waals surface area contributed by atoms with Crippen LogP contribution < -0.4 is 22.9 Å². The van der Waals surface area contributed by atoms with Gasteiger partial charge in [-0.3, -0.25) is 19.1 Å². The predicted molar refractivity (Wildman–Crippen MR) is 74.0 cm³/mol. The van der Waals surface area contributed by atoms with Crippen molar-refractivity contribution in [3.05, 3.63) is 0 Å². The van der Waals surface area contributed by atoms with Crippen molar-refractivity contribution >= 4 is 22.3 Å². The van der Waals surface area contributed by atoms with Crippen LogP contribution in [0, 0.1) is 0 Å². The highest BCUT2D eigenvalue weighted by atomic mass is 32.3. The summed E-state index contributed by atoms with van der Waals surface area (Å²) < 4.78 is 31.6. The highest BCUT2D eigenvalue weighted by Gasteiger charge is 1.89. The van der Waals surface area contributed by atoms with E-state index >= 15 is 0 Å². The lowest BCUT2D eigenvalue weighted by molar-refractivity contribution is 0.381. The minimum absolute atomic E-state index is 0.158. The molecule has 10 N–H and O–H groups in total. The molecule has 11 heteroatoms. The van der Waals surface area contributed by atoms with Gasteiger partial charge >= 0.3 is 10.4 Å². The molecular weight excluding hydrogens is 276 g/mol. The number of nitrogens with two attached hydrogens (primary N) is 4. The first-order valence-electron chi connectivity index (χ1n) is 5.43. The van der Waals surface area contributed by atoms with Crippen LogP contribution in [0.4, 0.5) is 0 Å². The van der Waals surface area contributed by atoms with Crippen LogP contribution >= 0.6 is 0 Å². The van der Waals surface area contributed by atoms with Crippen LogP contribution in [0.25, 0.3) is 0 Å². The lowest BCUT2D eigenvalue weighted by atomic mass is 10.2. The first-order chi connectivity index (χ1) is 8.63. The fourth-order valence-corrected chi connectivity index (χ4v) is 0.993. The van der Waals surface area contributed by atoms with Gasteiger partial charge in [-0.05, 0) is 12.8 Å². The van der Waals surface area contributed by atoms with E-state index in [4.69, 9.17) is 40.5 Å². The SMILES string of the molecule is NC(N)=NCCCCCCN=C(N)N.O=S(=O)(O)O. The van der Waals surface area contributed by atoms with Gasteiger partial charge in [0.05, 0.1) is 0 Å². The molecular formula is C8H22N6O4S. The molecule has 0 saturated carbocycles. The fraction of sp³-hybridized carbons (Fsp3) is 0.750. The summed E-state index contributed by atoms with van der Waals surface area (Å²) in [6.45, 7) is 1.40. The van der Waals surface area contributed by atoms with E-state index in [9.17, 15) is 0 Å².